The molecule has 3 aromatic carbocycles. The number of benzene rings is 3. The number of rotatable bonds is 9. The van der Waals surface area contributed by atoms with Crippen molar-refractivity contribution in [2.24, 2.45) is 0 Å². The number of hydrogen-bond donors (Lipinski definition) is 1. The molecule has 0 spiro atoms. The second-order valence-corrected chi connectivity index (χ2v) is 7.78. The SMILES string of the molecule is C[C@H](CCc1ccccc1)NCc1cc(Cl)ccc1OCc1ccccc1Cl. The Morgan fingerprint density at radius 3 is 2.43 bits per heavy atom. The summed E-state index contributed by atoms with van der Waals surface area (Å²) in [5, 5.41) is 5.00. The molecule has 0 fully saturated rings. The Hall–Kier alpha value is -2.00. The fraction of sp³-hybridized carbons (Fsp3) is 0.250. The Kier molecular flexibility index (Phi) is 7.79. The molecule has 0 amide bonds. The highest BCUT2D eigenvalue weighted by Crippen LogP contribution is 2.25. The number of hydrogen-bond acceptors (Lipinski definition) is 2. The lowest BCUT2D eigenvalue weighted by Gasteiger charge is -2.17. The lowest BCUT2D eigenvalue weighted by atomic mass is 10.1. The molecule has 0 heterocycles. The first kappa shape index (κ1) is 20.7. The summed E-state index contributed by atoms with van der Waals surface area (Å²) in [4.78, 5) is 0. The van der Waals surface area contributed by atoms with Crippen molar-refractivity contribution >= 4 is 23.2 Å². The molecule has 0 bridgehead atoms. The van der Waals surface area contributed by atoms with E-state index in [2.05, 4.69) is 42.6 Å². The van der Waals surface area contributed by atoms with Gasteiger partial charge >= 0.3 is 0 Å². The minimum atomic E-state index is 0.385. The van der Waals surface area contributed by atoms with Gasteiger partial charge in [-0.05, 0) is 49.6 Å². The second-order valence-electron chi connectivity index (χ2n) is 6.94. The van der Waals surface area contributed by atoms with Crippen LogP contribution in [0.2, 0.25) is 10.0 Å². The molecular weight excluding hydrogens is 389 g/mol. The minimum Gasteiger partial charge on any atom is -0.489 e. The van der Waals surface area contributed by atoms with Gasteiger partial charge in [0.15, 0.2) is 0 Å². The van der Waals surface area contributed by atoms with E-state index in [9.17, 15) is 0 Å². The van der Waals surface area contributed by atoms with Gasteiger partial charge in [-0.2, -0.15) is 0 Å². The molecule has 1 N–H and O–H groups in total. The van der Waals surface area contributed by atoms with Gasteiger partial charge in [-0.3, -0.25) is 0 Å². The van der Waals surface area contributed by atoms with Gasteiger partial charge in [0, 0.05) is 33.8 Å². The Bertz CT molecular complexity index is 883. The van der Waals surface area contributed by atoms with E-state index in [-0.39, 0.29) is 0 Å². The lowest BCUT2D eigenvalue weighted by Crippen LogP contribution is -2.26. The summed E-state index contributed by atoms with van der Waals surface area (Å²) in [5.41, 5.74) is 3.38. The van der Waals surface area contributed by atoms with Crippen LogP contribution in [-0.2, 0) is 19.6 Å². The average molecular weight is 414 g/mol. The van der Waals surface area contributed by atoms with Crippen LogP contribution >= 0.6 is 23.2 Å². The lowest BCUT2D eigenvalue weighted by molar-refractivity contribution is 0.301. The standard InChI is InChI=1S/C24H25Cl2NO/c1-18(11-12-19-7-3-2-4-8-19)27-16-21-15-22(25)13-14-24(21)28-17-20-9-5-6-10-23(20)26/h2-10,13-15,18,27H,11-12,16-17H2,1H3/t18-/m1/s1. The zero-order valence-corrected chi connectivity index (χ0v) is 17.5. The van der Waals surface area contributed by atoms with Crippen LogP contribution in [0.3, 0.4) is 0 Å². The van der Waals surface area contributed by atoms with E-state index in [1.165, 1.54) is 5.56 Å². The maximum absolute atomic E-state index is 6.23. The van der Waals surface area contributed by atoms with Crippen LogP contribution in [0.25, 0.3) is 0 Å². The molecule has 0 radical (unpaired) electrons. The zero-order chi connectivity index (χ0) is 19.8. The van der Waals surface area contributed by atoms with E-state index in [4.69, 9.17) is 27.9 Å². The summed E-state index contributed by atoms with van der Waals surface area (Å²) < 4.78 is 6.04. The molecule has 0 aromatic heterocycles. The molecule has 2 nitrogen and oxygen atoms in total. The smallest absolute Gasteiger partial charge is 0.124 e. The normalized spacial score (nSPS) is 12.0. The first-order valence-corrected chi connectivity index (χ1v) is 10.3. The van der Waals surface area contributed by atoms with Gasteiger partial charge in [-0.25, -0.2) is 0 Å². The third-order valence-electron chi connectivity index (χ3n) is 4.71. The molecular formula is C24H25Cl2NO. The van der Waals surface area contributed by atoms with Gasteiger partial charge in [0.2, 0.25) is 0 Å². The molecule has 0 saturated carbocycles. The highest BCUT2D eigenvalue weighted by Gasteiger charge is 2.09. The highest BCUT2D eigenvalue weighted by molar-refractivity contribution is 6.31. The average Bonchev–Trinajstić information content (AvgIpc) is 2.72. The second kappa shape index (κ2) is 10.5. The summed E-state index contributed by atoms with van der Waals surface area (Å²) in [5.74, 6) is 0.826. The summed E-state index contributed by atoms with van der Waals surface area (Å²) in [7, 11) is 0. The van der Waals surface area contributed by atoms with Crippen molar-refractivity contribution in [2.45, 2.75) is 39.0 Å². The van der Waals surface area contributed by atoms with Crippen molar-refractivity contribution < 1.29 is 4.74 Å². The Balaban J connectivity index is 1.57. The number of halogens is 2. The van der Waals surface area contributed by atoms with Crippen molar-refractivity contribution in [3.05, 3.63) is 99.5 Å². The van der Waals surface area contributed by atoms with Crippen molar-refractivity contribution in [3.63, 3.8) is 0 Å². The van der Waals surface area contributed by atoms with Crippen molar-refractivity contribution in [1.82, 2.24) is 5.32 Å². The van der Waals surface area contributed by atoms with E-state index in [0.717, 1.165) is 29.7 Å². The maximum Gasteiger partial charge on any atom is 0.124 e. The van der Waals surface area contributed by atoms with Crippen LogP contribution in [0, 0.1) is 0 Å². The molecule has 28 heavy (non-hydrogen) atoms. The van der Waals surface area contributed by atoms with E-state index in [1.807, 2.05) is 42.5 Å². The summed E-state index contributed by atoms with van der Waals surface area (Å²) in [6, 6.07) is 24.4. The summed E-state index contributed by atoms with van der Waals surface area (Å²) >= 11 is 12.4. The fourth-order valence-corrected chi connectivity index (χ4v) is 3.40. The number of ether oxygens (including phenoxy) is 1. The van der Waals surface area contributed by atoms with Crippen LogP contribution < -0.4 is 10.1 Å². The van der Waals surface area contributed by atoms with Gasteiger partial charge in [0.25, 0.3) is 0 Å². The van der Waals surface area contributed by atoms with Crippen LogP contribution in [0.1, 0.15) is 30.0 Å². The van der Waals surface area contributed by atoms with E-state index in [1.54, 1.807) is 0 Å². The molecule has 0 saturated heterocycles. The van der Waals surface area contributed by atoms with Gasteiger partial charge in [-0.1, -0.05) is 71.7 Å². The van der Waals surface area contributed by atoms with Gasteiger partial charge in [0.05, 0.1) is 0 Å². The van der Waals surface area contributed by atoms with Crippen LogP contribution in [0.4, 0.5) is 0 Å². The first-order valence-electron chi connectivity index (χ1n) is 9.54. The third-order valence-corrected chi connectivity index (χ3v) is 5.32. The summed E-state index contributed by atoms with van der Waals surface area (Å²) in [6.45, 7) is 3.34. The first-order chi connectivity index (χ1) is 13.6. The Morgan fingerprint density at radius 1 is 0.893 bits per heavy atom. The predicted octanol–water partition coefficient (Wildman–Crippen LogP) is 6.68. The minimum absolute atomic E-state index is 0.385. The maximum atomic E-state index is 6.23. The van der Waals surface area contributed by atoms with E-state index >= 15 is 0 Å². The van der Waals surface area contributed by atoms with Gasteiger partial charge in [0.1, 0.15) is 12.4 Å². The number of aryl methyl sites for hydroxylation is 1. The topological polar surface area (TPSA) is 21.3 Å². The molecule has 3 rings (SSSR count). The van der Waals surface area contributed by atoms with Crippen molar-refractivity contribution in [2.75, 3.05) is 0 Å². The molecule has 0 unspecified atom stereocenters. The molecule has 146 valence electrons. The monoisotopic (exact) mass is 413 g/mol. The molecule has 3 aromatic rings. The molecule has 0 aliphatic rings. The van der Waals surface area contributed by atoms with Gasteiger partial charge < -0.3 is 10.1 Å². The van der Waals surface area contributed by atoms with Crippen LogP contribution in [0.15, 0.2) is 72.8 Å². The van der Waals surface area contributed by atoms with Crippen molar-refractivity contribution in [3.8, 4) is 5.75 Å². The number of nitrogens with one attached hydrogen (secondary N) is 1. The molecule has 1 atom stereocenters. The fourth-order valence-electron chi connectivity index (χ4n) is 3.01. The van der Waals surface area contributed by atoms with E-state index < -0.39 is 0 Å². The largest absolute Gasteiger partial charge is 0.489 e. The van der Waals surface area contributed by atoms with E-state index in [0.29, 0.717) is 29.2 Å². The van der Waals surface area contributed by atoms with Crippen LogP contribution in [0.5, 0.6) is 5.75 Å². The molecule has 4 heteroatoms. The molecule has 0 aliphatic heterocycles. The zero-order valence-electron chi connectivity index (χ0n) is 16.0. The predicted molar refractivity (Wildman–Crippen MR) is 118 cm³/mol. The Morgan fingerprint density at radius 2 is 1.64 bits per heavy atom. The van der Waals surface area contributed by atoms with Crippen molar-refractivity contribution in [1.29, 1.82) is 0 Å². The summed E-state index contributed by atoms with van der Waals surface area (Å²) in [6.07, 6.45) is 2.13. The Labute approximate surface area is 177 Å². The highest BCUT2D eigenvalue weighted by atomic mass is 35.5. The molecule has 0 aliphatic carbocycles. The van der Waals surface area contributed by atoms with Crippen LogP contribution in [-0.4, -0.2) is 6.04 Å². The van der Waals surface area contributed by atoms with Gasteiger partial charge in [-0.15, -0.1) is 0 Å². The third kappa shape index (κ3) is 6.27. The quantitative estimate of drug-likeness (QED) is 0.422.